The Labute approximate surface area is 182 Å². The Morgan fingerprint density at radius 1 is 1.35 bits per heavy atom. The Kier molecular flexibility index (Phi) is 6.00. The van der Waals surface area contributed by atoms with E-state index >= 15 is 0 Å². The minimum Gasteiger partial charge on any atom is -0.465 e. The summed E-state index contributed by atoms with van der Waals surface area (Å²) < 4.78 is 39.2. The van der Waals surface area contributed by atoms with Crippen LogP contribution in [-0.4, -0.2) is 65.0 Å². The molecule has 1 atom stereocenters. The molecule has 164 valence electrons. The van der Waals surface area contributed by atoms with Crippen LogP contribution < -0.4 is 5.32 Å². The van der Waals surface area contributed by atoms with E-state index < -0.39 is 22.1 Å². The molecule has 1 unspecified atom stereocenters. The number of aromatic nitrogens is 4. The van der Waals surface area contributed by atoms with Gasteiger partial charge in [0.25, 0.3) is 10.0 Å². The zero-order chi connectivity index (χ0) is 22.0. The monoisotopic (exact) mass is 464 g/mol. The minimum absolute atomic E-state index is 0.00389. The Hall–Kier alpha value is -2.87. The molecule has 1 saturated heterocycles. The largest absolute Gasteiger partial charge is 0.465 e. The fraction of sp³-hybridized carbons (Fsp3) is 0.333. The van der Waals surface area contributed by atoms with Crippen LogP contribution in [0.1, 0.15) is 21.5 Å². The van der Waals surface area contributed by atoms with Crippen LogP contribution >= 0.6 is 11.3 Å². The van der Waals surface area contributed by atoms with E-state index in [1.165, 1.54) is 30.1 Å². The number of morpholine rings is 1. The van der Waals surface area contributed by atoms with E-state index in [-0.39, 0.29) is 24.7 Å². The highest BCUT2D eigenvalue weighted by molar-refractivity contribution is 7.89. The van der Waals surface area contributed by atoms with Crippen LogP contribution in [0, 0.1) is 0 Å². The first-order chi connectivity index (χ1) is 14.9. The van der Waals surface area contributed by atoms with E-state index in [9.17, 15) is 13.2 Å². The molecule has 0 aromatic carbocycles. The van der Waals surface area contributed by atoms with Crippen LogP contribution in [0.3, 0.4) is 0 Å². The van der Waals surface area contributed by atoms with Crippen molar-refractivity contribution in [2.45, 2.75) is 11.1 Å². The molecular weight excluding hydrogens is 444 g/mol. The number of imidazole rings is 1. The number of thiazole rings is 1. The molecule has 1 fully saturated rings. The van der Waals surface area contributed by atoms with Gasteiger partial charge in [0.15, 0.2) is 10.2 Å². The fourth-order valence-electron chi connectivity index (χ4n) is 3.01. The SMILES string of the molecule is COC(=O)c1cnc(Nc2cccc(C3CN(S(=O)(=O)c4cn(C)cn4)CCO3)n2)s1. The molecule has 1 aliphatic rings. The smallest absolute Gasteiger partial charge is 0.349 e. The molecular formula is C18H20N6O5S2. The molecule has 3 aromatic rings. The summed E-state index contributed by atoms with van der Waals surface area (Å²) in [6.45, 7) is 0.604. The minimum atomic E-state index is -3.72. The van der Waals surface area contributed by atoms with Gasteiger partial charge in [-0.3, -0.25) is 0 Å². The van der Waals surface area contributed by atoms with Crippen molar-refractivity contribution in [3.63, 3.8) is 0 Å². The second-order valence-corrected chi connectivity index (χ2v) is 9.61. The fourth-order valence-corrected chi connectivity index (χ4v) is 5.15. The van der Waals surface area contributed by atoms with E-state index in [1.54, 1.807) is 29.8 Å². The molecule has 0 aliphatic carbocycles. The molecule has 3 aromatic heterocycles. The highest BCUT2D eigenvalue weighted by Gasteiger charge is 2.33. The van der Waals surface area contributed by atoms with Crippen molar-refractivity contribution < 1.29 is 22.7 Å². The second-order valence-electron chi connectivity index (χ2n) is 6.69. The van der Waals surface area contributed by atoms with Crippen molar-refractivity contribution in [1.82, 2.24) is 23.8 Å². The van der Waals surface area contributed by atoms with Gasteiger partial charge < -0.3 is 19.4 Å². The predicted molar refractivity (Wildman–Crippen MR) is 112 cm³/mol. The number of carbonyl (C=O) groups excluding carboxylic acids is 1. The Morgan fingerprint density at radius 3 is 2.94 bits per heavy atom. The quantitative estimate of drug-likeness (QED) is 0.540. The lowest BCUT2D eigenvalue weighted by Gasteiger charge is -2.31. The molecule has 0 spiro atoms. The third kappa shape index (κ3) is 4.58. The third-order valence-corrected chi connectivity index (χ3v) is 7.19. The number of pyridine rings is 1. The zero-order valence-electron chi connectivity index (χ0n) is 16.8. The van der Waals surface area contributed by atoms with Gasteiger partial charge in [0, 0.05) is 26.3 Å². The maximum absolute atomic E-state index is 12.9. The molecule has 1 N–H and O–H groups in total. The number of nitrogens with one attached hydrogen (secondary N) is 1. The van der Waals surface area contributed by atoms with Crippen molar-refractivity contribution in [3.05, 3.63) is 47.5 Å². The van der Waals surface area contributed by atoms with Gasteiger partial charge in [0.2, 0.25) is 0 Å². The number of methoxy groups -OCH3 is 1. The topological polar surface area (TPSA) is 129 Å². The number of nitrogens with zero attached hydrogens (tertiary/aromatic N) is 5. The first kappa shape index (κ1) is 21.4. The van der Waals surface area contributed by atoms with Crippen LogP contribution in [0.5, 0.6) is 0 Å². The lowest BCUT2D eigenvalue weighted by molar-refractivity contribution is -0.00492. The average molecular weight is 465 g/mol. The number of carbonyl (C=O) groups is 1. The maximum atomic E-state index is 12.9. The number of ether oxygens (including phenoxy) is 2. The highest BCUT2D eigenvalue weighted by Crippen LogP contribution is 2.27. The summed E-state index contributed by atoms with van der Waals surface area (Å²) in [7, 11) is -0.700. The molecule has 0 amide bonds. The van der Waals surface area contributed by atoms with Gasteiger partial charge in [-0.2, -0.15) is 4.31 Å². The summed E-state index contributed by atoms with van der Waals surface area (Å²) in [4.78, 5) is 24.6. The van der Waals surface area contributed by atoms with Crippen LogP contribution in [0.25, 0.3) is 0 Å². The zero-order valence-corrected chi connectivity index (χ0v) is 18.4. The Morgan fingerprint density at radius 2 is 2.19 bits per heavy atom. The number of rotatable bonds is 6. The first-order valence-corrected chi connectivity index (χ1v) is 11.5. The first-order valence-electron chi connectivity index (χ1n) is 9.24. The van der Waals surface area contributed by atoms with Crippen molar-refractivity contribution in [2.75, 3.05) is 32.1 Å². The van der Waals surface area contributed by atoms with E-state index in [0.717, 1.165) is 11.3 Å². The Balaban J connectivity index is 1.49. The van der Waals surface area contributed by atoms with Crippen LogP contribution in [0.4, 0.5) is 10.9 Å². The number of hydrogen-bond donors (Lipinski definition) is 1. The summed E-state index contributed by atoms with van der Waals surface area (Å²) in [5, 5.41) is 3.53. The van der Waals surface area contributed by atoms with E-state index in [0.29, 0.717) is 21.5 Å². The number of esters is 1. The molecule has 31 heavy (non-hydrogen) atoms. The summed E-state index contributed by atoms with van der Waals surface area (Å²) in [6, 6.07) is 5.30. The molecule has 0 radical (unpaired) electrons. The van der Waals surface area contributed by atoms with Gasteiger partial charge in [-0.25, -0.2) is 28.2 Å². The van der Waals surface area contributed by atoms with E-state index in [4.69, 9.17) is 4.74 Å². The van der Waals surface area contributed by atoms with E-state index in [1.807, 2.05) is 0 Å². The highest BCUT2D eigenvalue weighted by atomic mass is 32.2. The molecule has 0 saturated carbocycles. The molecule has 4 heterocycles. The second kappa shape index (κ2) is 8.70. The van der Waals surface area contributed by atoms with Crippen LogP contribution in [0.15, 0.2) is 41.9 Å². The molecule has 0 bridgehead atoms. The molecule has 4 rings (SSSR count). The van der Waals surface area contributed by atoms with Crippen molar-refractivity contribution in [3.8, 4) is 0 Å². The molecule has 13 heteroatoms. The summed E-state index contributed by atoms with van der Waals surface area (Å²) >= 11 is 1.14. The predicted octanol–water partition coefficient (Wildman–Crippen LogP) is 1.56. The average Bonchev–Trinajstić information content (AvgIpc) is 3.43. The van der Waals surface area contributed by atoms with Gasteiger partial charge in [-0.05, 0) is 12.1 Å². The number of sulfonamides is 1. The van der Waals surface area contributed by atoms with Crippen LogP contribution in [0.2, 0.25) is 0 Å². The lowest BCUT2D eigenvalue weighted by Crippen LogP contribution is -2.42. The van der Waals surface area contributed by atoms with Gasteiger partial charge in [0.05, 0.1) is 31.9 Å². The number of aryl methyl sites for hydroxylation is 1. The molecule has 11 nitrogen and oxygen atoms in total. The number of hydrogen-bond acceptors (Lipinski definition) is 10. The summed E-state index contributed by atoms with van der Waals surface area (Å²) in [5.74, 6) is 0.0358. The van der Waals surface area contributed by atoms with Crippen molar-refractivity contribution in [2.24, 2.45) is 7.05 Å². The third-order valence-electron chi connectivity index (χ3n) is 4.54. The lowest BCUT2D eigenvalue weighted by atomic mass is 10.2. The van der Waals surface area contributed by atoms with Gasteiger partial charge in [-0.15, -0.1) is 0 Å². The maximum Gasteiger partial charge on any atom is 0.349 e. The number of anilines is 2. The summed E-state index contributed by atoms with van der Waals surface area (Å²) in [6.07, 6.45) is 3.81. The summed E-state index contributed by atoms with van der Waals surface area (Å²) in [5.41, 5.74) is 0.579. The van der Waals surface area contributed by atoms with Crippen LogP contribution in [-0.2, 0) is 26.5 Å². The molecule has 1 aliphatic heterocycles. The van der Waals surface area contributed by atoms with Crippen molar-refractivity contribution in [1.29, 1.82) is 0 Å². The standard InChI is InChI=1S/C18H20N6O5S2/c1-23-10-16(20-11-23)31(26,27)24-6-7-29-13(9-24)12-4-3-5-15(21-12)22-18-19-8-14(30-18)17(25)28-2/h3-5,8,10-11,13H,6-7,9H2,1-2H3,(H,19,21,22). The van der Waals surface area contributed by atoms with E-state index in [2.05, 4.69) is 25.0 Å². The van der Waals surface area contributed by atoms with Gasteiger partial charge in [0.1, 0.15) is 16.8 Å². The normalized spacial score (nSPS) is 17.4. The van der Waals surface area contributed by atoms with Crippen molar-refractivity contribution >= 4 is 38.3 Å². The Bertz CT molecular complexity index is 1190. The van der Waals surface area contributed by atoms with Gasteiger partial charge in [-0.1, -0.05) is 17.4 Å². The van der Waals surface area contributed by atoms with Gasteiger partial charge >= 0.3 is 5.97 Å².